The van der Waals surface area contributed by atoms with Gasteiger partial charge in [-0.15, -0.1) is 0 Å². The lowest BCUT2D eigenvalue weighted by Crippen LogP contribution is -2.47. The lowest BCUT2D eigenvalue weighted by molar-refractivity contribution is -0.122. The molecule has 0 spiro atoms. The molecule has 3 unspecified atom stereocenters. The maximum atomic E-state index is 12.5. The summed E-state index contributed by atoms with van der Waals surface area (Å²) in [7, 11) is -0.206. The van der Waals surface area contributed by atoms with Crippen molar-refractivity contribution >= 4 is 30.0 Å². The van der Waals surface area contributed by atoms with Crippen LogP contribution in [0.3, 0.4) is 0 Å². The number of methoxy groups -OCH3 is 1. The molecule has 3 atom stereocenters. The molecule has 0 N–H and O–H groups in total. The standard InChI is InChI=1S/C25H39BrO3Si/c1-22(2,3)30(5,6)29-25(28-4)19-23(25,20-13-8-7-9-14-20)16-12-18-24(26)17-11-10-15-21(24)27/h7-9,13-14H,10-12,15-19H2,1-6H3. The van der Waals surface area contributed by atoms with Crippen molar-refractivity contribution < 1.29 is 14.0 Å². The molecule has 2 fully saturated rings. The highest BCUT2D eigenvalue weighted by atomic mass is 79.9. The van der Waals surface area contributed by atoms with Crippen molar-refractivity contribution in [2.24, 2.45) is 0 Å². The minimum Gasteiger partial charge on any atom is -0.389 e. The summed E-state index contributed by atoms with van der Waals surface area (Å²) >= 11 is 3.82. The minimum atomic E-state index is -2.01. The largest absolute Gasteiger partial charge is 0.389 e. The topological polar surface area (TPSA) is 35.5 Å². The van der Waals surface area contributed by atoms with E-state index < -0.39 is 14.1 Å². The Bertz CT molecular complexity index is 759. The Morgan fingerprint density at radius 1 is 1.10 bits per heavy atom. The van der Waals surface area contributed by atoms with Crippen LogP contribution in [0.1, 0.15) is 77.7 Å². The molecule has 0 aliphatic heterocycles. The third-order valence-corrected chi connectivity index (χ3v) is 13.6. The Kier molecular flexibility index (Phi) is 6.81. The van der Waals surface area contributed by atoms with E-state index in [0.29, 0.717) is 12.2 Å². The molecule has 0 saturated heterocycles. The summed E-state index contributed by atoms with van der Waals surface area (Å²) in [5, 5.41) is 0.123. The second-order valence-electron chi connectivity index (χ2n) is 10.9. The molecule has 168 valence electrons. The molecular formula is C25H39BrO3Si. The van der Waals surface area contributed by atoms with E-state index in [1.165, 1.54) is 5.56 Å². The summed E-state index contributed by atoms with van der Waals surface area (Å²) in [5.74, 6) is -0.179. The number of ether oxygens (including phenoxy) is 1. The first-order valence-corrected chi connectivity index (χ1v) is 15.1. The Hall–Kier alpha value is -0.493. The number of Topliss-reactive ketones (excluding diaryl/α,β-unsaturated/α-hetero) is 1. The summed E-state index contributed by atoms with van der Waals surface area (Å²) in [6.07, 6.45) is 7.57. The van der Waals surface area contributed by atoms with Crippen LogP contribution < -0.4 is 0 Å². The van der Waals surface area contributed by atoms with Gasteiger partial charge in [-0.3, -0.25) is 4.79 Å². The van der Waals surface area contributed by atoms with E-state index >= 15 is 0 Å². The summed E-state index contributed by atoms with van der Waals surface area (Å²) < 4.78 is 12.8. The molecule has 30 heavy (non-hydrogen) atoms. The van der Waals surface area contributed by atoms with Gasteiger partial charge < -0.3 is 9.16 Å². The van der Waals surface area contributed by atoms with Gasteiger partial charge in [-0.1, -0.05) is 79.9 Å². The van der Waals surface area contributed by atoms with E-state index in [0.717, 1.165) is 44.9 Å². The lowest BCUT2D eigenvalue weighted by Gasteiger charge is -2.41. The first kappa shape index (κ1) is 24.2. The third-order valence-electron chi connectivity index (χ3n) is 7.92. The van der Waals surface area contributed by atoms with Crippen LogP contribution in [0.2, 0.25) is 18.1 Å². The van der Waals surface area contributed by atoms with Gasteiger partial charge in [0.05, 0.1) is 9.74 Å². The average molecular weight is 496 g/mol. The van der Waals surface area contributed by atoms with E-state index in [4.69, 9.17) is 9.16 Å². The second kappa shape index (κ2) is 8.46. The number of hydrogen-bond donors (Lipinski definition) is 0. The first-order chi connectivity index (χ1) is 13.9. The molecule has 5 heteroatoms. The van der Waals surface area contributed by atoms with Crippen molar-refractivity contribution in [2.45, 2.75) is 106 Å². The fraction of sp³-hybridized carbons (Fsp3) is 0.720. The zero-order valence-electron chi connectivity index (χ0n) is 19.6. The number of rotatable bonds is 8. The molecule has 0 aromatic heterocycles. The summed E-state index contributed by atoms with van der Waals surface area (Å²) in [6, 6.07) is 10.7. The van der Waals surface area contributed by atoms with Crippen molar-refractivity contribution in [3.8, 4) is 0 Å². The van der Waals surface area contributed by atoms with Crippen LogP contribution in [0.5, 0.6) is 0 Å². The minimum absolute atomic E-state index is 0.123. The summed E-state index contributed by atoms with van der Waals surface area (Å²) in [4.78, 5) is 12.5. The fourth-order valence-corrected chi connectivity index (χ4v) is 7.09. The van der Waals surface area contributed by atoms with Gasteiger partial charge in [-0.05, 0) is 49.4 Å². The molecule has 0 heterocycles. The highest BCUT2D eigenvalue weighted by Gasteiger charge is 2.72. The van der Waals surface area contributed by atoms with Gasteiger partial charge in [0.15, 0.2) is 14.1 Å². The fourth-order valence-electron chi connectivity index (χ4n) is 4.85. The van der Waals surface area contributed by atoms with Crippen LogP contribution in [-0.2, 0) is 19.4 Å². The molecule has 3 nitrogen and oxygen atoms in total. The van der Waals surface area contributed by atoms with Crippen LogP contribution in [0.4, 0.5) is 0 Å². The number of benzene rings is 1. The van der Waals surface area contributed by atoms with Crippen molar-refractivity contribution in [1.29, 1.82) is 0 Å². The molecule has 2 saturated carbocycles. The monoisotopic (exact) mass is 494 g/mol. The maximum Gasteiger partial charge on any atom is 0.195 e. The highest BCUT2D eigenvalue weighted by molar-refractivity contribution is 9.10. The molecule has 2 aliphatic rings. The van der Waals surface area contributed by atoms with Gasteiger partial charge in [0.1, 0.15) is 5.78 Å². The van der Waals surface area contributed by atoms with E-state index in [1.807, 2.05) is 0 Å². The van der Waals surface area contributed by atoms with E-state index in [9.17, 15) is 4.79 Å². The van der Waals surface area contributed by atoms with Crippen molar-refractivity contribution in [1.82, 2.24) is 0 Å². The highest BCUT2D eigenvalue weighted by Crippen LogP contribution is 2.65. The molecule has 0 bridgehead atoms. The van der Waals surface area contributed by atoms with Gasteiger partial charge >= 0.3 is 0 Å². The maximum absolute atomic E-state index is 12.5. The molecular weight excluding hydrogens is 456 g/mol. The smallest absolute Gasteiger partial charge is 0.195 e. The number of carbonyl (C=O) groups excluding carboxylic acids is 1. The SMILES string of the molecule is COC1(O[Si](C)(C)C(C)(C)C)CC1(CCCC1(Br)CCCCC1=O)c1ccccc1. The Labute approximate surface area is 192 Å². The summed E-state index contributed by atoms with van der Waals surface area (Å²) in [5.41, 5.74) is 1.16. The van der Waals surface area contributed by atoms with E-state index in [1.54, 1.807) is 7.11 Å². The number of alkyl halides is 1. The molecule has 0 amide bonds. The normalized spacial score (nSPS) is 32.3. The lowest BCUT2D eigenvalue weighted by atomic mass is 9.82. The predicted octanol–water partition coefficient (Wildman–Crippen LogP) is 7.14. The Morgan fingerprint density at radius 3 is 2.33 bits per heavy atom. The van der Waals surface area contributed by atoms with Crippen molar-refractivity contribution in [2.75, 3.05) is 7.11 Å². The van der Waals surface area contributed by atoms with Crippen molar-refractivity contribution in [3.05, 3.63) is 35.9 Å². The second-order valence-corrected chi connectivity index (χ2v) is 17.1. The molecule has 2 aliphatic carbocycles. The van der Waals surface area contributed by atoms with Gasteiger partial charge in [0, 0.05) is 20.0 Å². The number of halogens is 1. The van der Waals surface area contributed by atoms with Crippen LogP contribution in [0.25, 0.3) is 0 Å². The molecule has 0 radical (unpaired) electrons. The van der Waals surface area contributed by atoms with Gasteiger partial charge in [0.25, 0.3) is 0 Å². The number of carbonyl (C=O) groups is 1. The Balaban J connectivity index is 1.83. The molecule has 1 aromatic carbocycles. The van der Waals surface area contributed by atoms with Gasteiger partial charge in [-0.25, -0.2) is 0 Å². The Morgan fingerprint density at radius 2 is 1.77 bits per heavy atom. The molecule has 1 aromatic rings. The van der Waals surface area contributed by atoms with Gasteiger partial charge in [0.2, 0.25) is 0 Å². The number of hydrogen-bond acceptors (Lipinski definition) is 3. The quantitative estimate of drug-likeness (QED) is 0.218. The van der Waals surface area contributed by atoms with E-state index in [2.05, 4.69) is 80.1 Å². The molecule has 3 rings (SSSR count). The van der Waals surface area contributed by atoms with Crippen LogP contribution >= 0.6 is 15.9 Å². The first-order valence-electron chi connectivity index (χ1n) is 11.4. The van der Waals surface area contributed by atoms with Crippen LogP contribution in [-0.4, -0.2) is 31.3 Å². The average Bonchev–Trinajstić information content (AvgIpc) is 3.32. The predicted molar refractivity (Wildman–Crippen MR) is 130 cm³/mol. The van der Waals surface area contributed by atoms with Crippen LogP contribution in [0, 0.1) is 0 Å². The van der Waals surface area contributed by atoms with Gasteiger partial charge in [-0.2, -0.15) is 0 Å². The zero-order chi connectivity index (χ0) is 22.3. The van der Waals surface area contributed by atoms with Crippen molar-refractivity contribution in [3.63, 3.8) is 0 Å². The number of ketones is 1. The summed E-state index contributed by atoms with van der Waals surface area (Å²) in [6.45, 7) is 11.4. The zero-order valence-corrected chi connectivity index (χ0v) is 22.2. The van der Waals surface area contributed by atoms with E-state index in [-0.39, 0.29) is 14.8 Å². The van der Waals surface area contributed by atoms with Crippen LogP contribution in [0.15, 0.2) is 30.3 Å². The third kappa shape index (κ3) is 4.37.